The second kappa shape index (κ2) is 5.57. The summed E-state index contributed by atoms with van der Waals surface area (Å²) in [6, 6.07) is 5.45. The average Bonchev–Trinajstić information content (AvgIpc) is 2.15. The Hall–Kier alpha value is -0.280. The molecule has 94 valence electrons. The van der Waals surface area contributed by atoms with E-state index in [2.05, 4.69) is 0 Å². The number of aliphatic hydroxyl groups is 1. The van der Waals surface area contributed by atoms with Gasteiger partial charge in [-0.1, -0.05) is 58.6 Å². The molecule has 0 aliphatic heterocycles. The highest BCUT2D eigenvalue weighted by atomic mass is 35.6. The van der Waals surface area contributed by atoms with Crippen molar-refractivity contribution >= 4 is 40.6 Å². The summed E-state index contributed by atoms with van der Waals surface area (Å²) in [5.74, 6) is -0.235. The van der Waals surface area contributed by atoms with Gasteiger partial charge in [0.2, 0.25) is 3.79 Å². The minimum atomic E-state index is -1.84. The highest BCUT2D eigenvalue weighted by Crippen LogP contribution is 2.32. The monoisotopic (exact) mass is 294 g/mol. The lowest BCUT2D eigenvalue weighted by molar-refractivity contribution is 0.0884. The summed E-state index contributed by atoms with van der Waals surface area (Å²) in [7, 11) is 0. The first-order valence-electron chi connectivity index (χ1n) is 5.07. The molecule has 0 fully saturated rings. The molecular formula is C12H13Cl3O2. The number of aryl methyl sites for hydroxylation is 2. The summed E-state index contributed by atoms with van der Waals surface area (Å²) in [6.45, 7) is 3.78. The second-order valence-electron chi connectivity index (χ2n) is 4.00. The van der Waals surface area contributed by atoms with Crippen molar-refractivity contribution in [2.24, 2.45) is 0 Å². The molecule has 0 aliphatic rings. The molecule has 0 aromatic heterocycles. The fourth-order valence-electron chi connectivity index (χ4n) is 1.53. The van der Waals surface area contributed by atoms with Gasteiger partial charge in [-0.15, -0.1) is 0 Å². The zero-order chi connectivity index (χ0) is 13.2. The van der Waals surface area contributed by atoms with E-state index in [1.807, 2.05) is 26.0 Å². The first-order chi connectivity index (χ1) is 7.71. The fraction of sp³-hybridized carbons (Fsp3) is 0.417. The summed E-state index contributed by atoms with van der Waals surface area (Å²) in [4.78, 5) is 11.9. The number of carbonyl (C=O) groups excluding carboxylic acids is 1. The van der Waals surface area contributed by atoms with Gasteiger partial charge < -0.3 is 5.11 Å². The predicted octanol–water partition coefficient (Wildman–Crippen LogP) is 3.61. The van der Waals surface area contributed by atoms with Gasteiger partial charge in [-0.2, -0.15) is 0 Å². The standard InChI is InChI=1S/C12H13Cl3O2/c1-7-3-4-9(8(2)5-7)10(16)6-11(17)12(13,14)15/h3-5,11,17H,6H2,1-2H3/t11-/m0/s1. The number of hydrogen-bond donors (Lipinski definition) is 1. The lowest BCUT2D eigenvalue weighted by atomic mass is 9.99. The number of hydrogen-bond acceptors (Lipinski definition) is 2. The van der Waals surface area contributed by atoms with Gasteiger partial charge in [-0.3, -0.25) is 4.79 Å². The van der Waals surface area contributed by atoms with Crippen LogP contribution in [0.25, 0.3) is 0 Å². The van der Waals surface area contributed by atoms with Gasteiger partial charge in [0.05, 0.1) is 0 Å². The lowest BCUT2D eigenvalue weighted by Gasteiger charge is -2.18. The highest BCUT2D eigenvalue weighted by Gasteiger charge is 2.32. The third-order valence-corrected chi connectivity index (χ3v) is 3.19. The van der Waals surface area contributed by atoms with E-state index in [1.54, 1.807) is 6.07 Å². The number of rotatable bonds is 3. The van der Waals surface area contributed by atoms with Crippen molar-refractivity contribution in [3.63, 3.8) is 0 Å². The molecule has 0 aliphatic carbocycles. The van der Waals surface area contributed by atoms with E-state index >= 15 is 0 Å². The normalized spacial score (nSPS) is 13.5. The Morgan fingerprint density at radius 3 is 2.41 bits per heavy atom. The molecule has 0 amide bonds. The van der Waals surface area contributed by atoms with Crippen molar-refractivity contribution in [2.75, 3.05) is 0 Å². The first kappa shape index (κ1) is 14.8. The van der Waals surface area contributed by atoms with Gasteiger partial charge in [0.15, 0.2) is 5.78 Å². The molecule has 0 saturated carbocycles. The van der Waals surface area contributed by atoms with E-state index in [1.165, 1.54) is 0 Å². The highest BCUT2D eigenvalue weighted by molar-refractivity contribution is 6.68. The number of aliphatic hydroxyl groups excluding tert-OH is 1. The van der Waals surface area contributed by atoms with Crippen LogP contribution in [0.5, 0.6) is 0 Å². The zero-order valence-electron chi connectivity index (χ0n) is 9.51. The minimum Gasteiger partial charge on any atom is -0.388 e. The van der Waals surface area contributed by atoms with Gasteiger partial charge >= 0.3 is 0 Å². The quantitative estimate of drug-likeness (QED) is 0.683. The molecule has 0 radical (unpaired) electrons. The maximum absolute atomic E-state index is 11.9. The molecule has 1 rings (SSSR count). The van der Waals surface area contributed by atoms with Gasteiger partial charge in [0, 0.05) is 12.0 Å². The summed E-state index contributed by atoms with van der Waals surface area (Å²) in [5.41, 5.74) is 2.47. The second-order valence-corrected chi connectivity index (χ2v) is 6.37. The summed E-state index contributed by atoms with van der Waals surface area (Å²) in [6.07, 6.45) is -1.51. The first-order valence-corrected chi connectivity index (χ1v) is 6.20. The van der Waals surface area contributed by atoms with Gasteiger partial charge in [-0.25, -0.2) is 0 Å². The largest absolute Gasteiger partial charge is 0.388 e. The third kappa shape index (κ3) is 4.14. The predicted molar refractivity (Wildman–Crippen MR) is 71.2 cm³/mol. The number of carbonyl (C=O) groups is 1. The van der Waals surface area contributed by atoms with Crippen molar-refractivity contribution in [3.05, 3.63) is 34.9 Å². The smallest absolute Gasteiger partial charge is 0.216 e. The van der Waals surface area contributed by atoms with Crippen LogP contribution >= 0.6 is 34.8 Å². The Bertz CT molecular complexity index is 424. The number of halogens is 3. The number of Topliss-reactive ketones (excluding diaryl/α,β-unsaturated/α-hetero) is 1. The van der Waals surface area contributed by atoms with Crippen molar-refractivity contribution < 1.29 is 9.90 Å². The summed E-state index contributed by atoms with van der Waals surface area (Å²) < 4.78 is -1.84. The van der Waals surface area contributed by atoms with Crippen LogP contribution in [0.2, 0.25) is 0 Å². The Labute approximate surface area is 115 Å². The molecule has 5 heteroatoms. The molecule has 1 aromatic carbocycles. The molecular weight excluding hydrogens is 282 g/mol. The maximum Gasteiger partial charge on any atom is 0.216 e. The molecule has 0 heterocycles. The van der Waals surface area contributed by atoms with Crippen LogP contribution in [-0.2, 0) is 0 Å². The Morgan fingerprint density at radius 2 is 1.94 bits per heavy atom. The fourth-order valence-corrected chi connectivity index (χ4v) is 1.76. The molecule has 17 heavy (non-hydrogen) atoms. The van der Waals surface area contributed by atoms with E-state index in [0.29, 0.717) is 5.56 Å². The number of benzene rings is 1. The molecule has 0 spiro atoms. The van der Waals surface area contributed by atoms with E-state index in [9.17, 15) is 9.90 Å². The van der Waals surface area contributed by atoms with Crippen molar-refractivity contribution in [2.45, 2.75) is 30.2 Å². The third-order valence-electron chi connectivity index (χ3n) is 2.44. The SMILES string of the molecule is Cc1ccc(C(=O)C[C@H](O)C(Cl)(Cl)Cl)c(C)c1. The molecule has 0 bridgehead atoms. The maximum atomic E-state index is 11.9. The molecule has 1 N–H and O–H groups in total. The van der Waals surface area contributed by atoms with Crippen LogP contribution in [0.1, 0.15) is 27.9 Å². The Balaban J connectivity index is 2.84. The van der Waals surface area contributed by atoms with E-state index in [0.717, 1.165) is 11.1 Å². The van der Waals surface area contributed by atoms with Crippen molar-refractivity contribution in [1.29, 1.82) is 0 Å². The van der Waals surface area contributed by atoms with Gasteiger partial charge in [0.1, 0.15) is 6.10 Å². The van der Waals surface area contributed by atoms with Crippen LogP contribution in [0, 0.1) is 13.8 Å². The molecule has 1 atom stereocenters. The van der Waals surface area contributed by atoms with E-state index < -0.39 is 9.90 Å². The minimum absolute atomic E-state index is 0.208. The van der Waals surface area contributed by atoms with Crippen molar-refractivity contribution in [3.8, 4) is 0 Å². The molecule has 1 aromatic rings. The van der Waals surface area contributed by atoms with Crippen LogP contribution in [0.15, 0.2) is 18.2 Å². The molecule has 0 saturated heterocycles. The van der Waals surface area contributed by atoms with Crippen molar-refractivity contribution in [1.82, 2.24) is 0 Å². The lowest BCUT2D eigenvalue weighted by Crippen LogP contribution is -2.28. The molecule has 0 unspecified atom stereocenters. The number of alkyl halides is 3. The van der Waals surface area contributed by atoms with Crippen LogP contribution in [0.4, 0.5) is 0 Å². The Morgan fingerprint density at radius 1 is 1.35 bits per heavy atom. The average molecular weight is 296 g/mol. The van der Waals surface area contributed by atoms with Crippen LogP contribution < -0.4 is 0 Å². The van der Waals surface area contributed by atoms with Crippen LogP contribution in [-0.4, -0.2) is 20.8 Å². The van der Waals surface area contributed by atoms with E-state index in [4.69, 9.17) is 34.8 Å². The zero-order valence-corrected chi connectivity index (χ0v) is 11.8. The summed E-state index contributed by atoms with van der Waals surface area (Å²) >= 11 is 16.5. The topological polar surface area (TPSA) is 37.3 Å². The van der Waals surface area contributed by atoms with E-state index in [-0.39, 0.29) is 12.2 Å². The summed E-state index contributed by atoms with van der Waals surface area (Å²) in [5, 5.41) is 9.55. The van der Waals surface area contributed by atoms with Gasteiger partial charge in [-0.05, 0) is 19.4 Å². The Kier molecular flexibility index (Phi) is 4.85. The number of ketones is 1. The van der Waals surface area contributed by atoms with Crippen LogP contribution in [0.3, 0.4) is 0 Å². The van der Waals surface area contributed by atoms with Gasteiger partial charge in [0.25, 0.3) is 0 Å². The molecule has 2 nitrogen and oxygen atoms in total.